The van der Waals surface area contributed by atoms with Crippen LogP contribution in [0.1, 0.15) is 22.8 Å². The van der Waals surface area contributed by atoms with E-state index in [9.17, 15) is 4.79 Å². The van der Waals surface area contributed by atoms with Crippen LogP contribution in [0.4, 0.5) is 0 Å². The Labute approximate surface area is 82.6 Å². The van der Waals surface area contributed by atoms with Gasteiger partial charge >= 0.3 is 0 Å². The summed E-state index contributed by atoms with van der Waals surface area (Å²) in [6, 6.07) is 3.17. The zero-order valence-electron chi connectivity index (χ0n) is 8.11. The van der Waals surface area contributed by atoms with Crippen LogP contribution in [0, 0.1) is 18.3 Å². The molecule has 14 heavy (non-hydrogen) atoms. The van der Waals surface area contributed by atoms with Crippen LogP contribution in [-0.4, -0.2) is 16.9 Å². The fraction of sp³-hybridized carbons (Fsp3) is 0.300. The molecule has 1 aromatic heterocycles. The van der Waals surface area contributed by atoms with Crippen molar-refractivity contribution < 1.29 is 4.79 Å². The minimum Gasteiger partial charge on any atom is -0.336 e. The van der Waals surface area contributed by atoms with E-state index in [2.05, 4.69) is 10.3 Å². The van der Waals surface area contributed by atoms with Crippen molar-refractivity contribution in [2.24, 2.45) is 0 Å². The molecule has 72 valence electrons. The van der Waals surface area contributed by atoms with Crippen LogP contribution in [0.2, 0.25) is 0 Å². The lowest BCUT2D eigenvalue weighted by Crippen LogP contribution is -2.31. The number of carbonyl (C=O) groups is 1. The monoisotopic (exact) mass is 189 g/mol. The molecule has 1 heterocycles. The van der Waals surface area contributed by atoms with Crippen LogP contribution in [0.15, 0.2) is 18.5 Å². The Morgan fingerprint density at radius 2 is 2.36 bits per heavy atom. The molecule has 0 aliphatic carbocycles. The first-order valence-corrected chi connectivity index (χ1v) is 4.25. The highest BCUT2D eigenvalue weighted by Gasteiger charge is 2.08. The third kappa shape index (κ3) is 2.56. The molecule has 1 N–H and O–H groups in total. The van der Waals surface area contributed by atoms with E-state index in [1.807, 2.05) is 13.0 Å². The van der Waals surface area contributed by atoms with E-state index in [0.29, 0.717) is 5.56 Å². The minimum atomic E-state index is -0.483. The standard InChI is InChI=1S/C10H11N3O/c1-7-3-9(6-12-5-7)10(14)13-8(2)4-11/h3,5-6,8H,1-2H3,(H,13,14). The average molecular weight is 189 g/mol. The van der Waals surface area contributed by atoms with E-state index >= 15 is 0 Å². The second-order valence-corrected chi connectivity index (χ2v) is 3.08. The SMILES string of the molecule is Cc1cncc(C(=O)NC(C)C#N)c1. The van der Waals surface area contributed by atoms with Crippen molar-refractivity contribution in [3.05, 3.63) is 29.6 Å². The Morgan fingerprint density at radius 1 is 1.64 bits per heavy atom. The van der Waals surface area contributed by atoms with Gasteiger partial charge in [0.2, 0.25) is 0 Å². The third-order valence-corrected chi connectivity index (χ3v) is 1.68. The molecule has 0 bridgehead atoms. The van der Waals surface area contributed by atoms with Crippen LogP contribution in [-0.2, 0) is 0 Å². The van der Waals surface area contributed by atoms with Gasteiger partial charge in [0.05, 0.1) is 11.6 Å². The van der Waals surface area contributed by atoms with Gasteiger partial charge in [-0.15, -0.1) is 0 Å². The fourth-order valence-electron chi connectivity index (χ4n) is 0.991. The summed E-state index contributed by atoms with van der Waals surface area (Å²) in [5, 5.41) is 11.0. The van der Waals surface area contributed by atoms with Crippen LogP contribution in [0.5, 0.6) is 0 Å². The van der Waals surface area contributed by atoms with Crippen LogP contribution >= 0.6 is 0 Å². The lowest BCUT2D eigenvalue weighted by molar-refractivity contribution is 0.0947. The Balaban J connectivity index is 2.76. The Morgan fingerprint density at radius 3 is 2.93 bits per heavy atom. The van der Waals surface area contributed by atoms with Gasteiger partial charge in [-0.1, -0.05) is 0 Å². The number of amides is 1. The van der Waals surface area contributed by atoms with E-state index in [4.69, 9.17) is 5.26 Å². The van der Waals surface area contributed by atoms with Crippen molar-refractivity contribution in [3.8, 4) is 6.07 Å². The highest BCUT2D eigenvalue weighted by atomic mass is 16.1. The molecule has 1 rings (SSSR count). The topological polar surface area (TPSA) is 65.8 Å². The van der Waals surface area contributed by atoms with Gasteiger partial charge in [0, 0.05) is 12.4 Å². The smallest absolute Gasteiger partial charge is 0.253 e. The van der Waals surface area contributed by atoms with E-state index in [1.165, 1.54) is 6.20 Å². The zero-order valence-corrected chi connectivity index (χ0v) is 8.11. The largest absolute Gasteiger partial charge is 0.336 e. The number of nitrogens with one attached hydrogen (secondary N) is 1. The highest BCUT2D eigenvalue weighted by Crippen LogP contribution is 2.01. The number of hydrogen-bond acceptors (Lipinski definition) is 3. The molecular weight excluding hydrogens is 178 g/mol. The van der Waals surface area contributed by atoms with E-state index in [-0.39, 0.29) is 5.91 Å². The highest BCUT2D eigenvalue weighted by molar-refractivity contribution is 5.94. The maximum absolute atomic E-state index is 11.5. The lowest BCUT2D eigenvalue weighted by atomic mass is 10.2. The van der Waals surface area contributed by atoms with Gasteiger partial charge in [-0.25, -0.2) is 0 Å². The van der Waals surface area contributed by atoms with Gasteiger partial charge in [0.15, 0.2) is 0 Å². The molecule has 0 aliphatic rings. The van der Waals surface area contributed by atoms with Gasteiger partial charge in [-0.3, -0.25) is 9.78 Å². The van der Waals surface area contributed by atoms with Crippen LogP contribution < -0.4 is 5.32 Å². The average Bonchev–Trinajstić information content (AvgIpc) is 2.17. The van der Waals surface area contributed by atoms with Gasteiger partial charge < -0.3 is 5.32 Å². The first-order valence-electron chi connectivity index (χ1n) is 4.25. The number of aromatic nitrogens is 1. The Hall–Kier alpha value is -1.89. The molecule has 0 fully saturated rings. The van der Waals surface area contributed by atoms with Crippen molar-refractivity contribution in [1.82, 2.24) is 10.3 Å². The van der Waals surface area contributed by atoms with Crippen molar-refractivity contribution in [3.63, 3.8) is 0 Å². The Kier molecular flexibility index (Phi) is 3.19. The molecule has 1 aromatic rings. The summed E-state index contributed by atoms with van der Waals surface area (Å²) < 4.78 is 0. The van der Waals surface area contributed by atoms with Crippen LogP contribution in [0.25, 0.3) is 0 Å². The number of hydrogen-bond donors (Lipinski definition) is 1. The second-order valence-electron chi connectivity index (χ2n) is 3.08. The molecule has 0 radical (unpaired) electrons. The molecule has 0 aromatic carbocycles. The van der Waals surface area contributed by atoms with Crippen molar-refractivity contribution in [1.29, 1.82) is 5.26 Å². The summed E-state index contributed by atoms with van der Waals surface area (Å²) in [4.78, 5) is 15.4. The fourth-order valence-corrected chi connectivity index (χ4v) is 0.991. The van der Waals surface area contributed by atoms with E-state index < -0.39 is 6.04 Å². The molecule has 4 nitrogen and oxygen atoms in total. The number of pyridine rings is 1. The number of nitriles is 1. The Bertz CT molecular complexity index is 381. The zero-order chi connectivity index (χ0) is 10.6. The van der Waals surface area contributed by atoms with Crippen LogP contribution in [0.3, 0.4) is 0 Å². The summed E-state index contributed by atoms with van der Waals surface area (Å²) in [6.45, 7) is 3.48. The van der Waals surface area contributed by atoms with E-state index in [1.54, 1.807) is 19.2 Å². The van der Waals surface area contributed by atoms with Crippen molar-refractivity contribution in [2.75, 3.05) is 0 Å². The van der Waals surface area contributed by atoms with Gasteiger partial charge in [-0.05, 0) is 25.5 Å². The normalized spacial score (nSPS) is 11.5. The summed E-state index contributed by atoms with van der Waals surface area (Å²) in [6.07, 6.45) is 3.15. The first-order chi connectivity index (χ1) is 6.63. The lowest BCUT2D eigenvalue weighted by Gasteiger charge is -2.05. The summed E-state index contributed by atoms with van der Waals surface area (Å²) >= 11 is 0. The maximum Gasteiger partial charge on any atom is 0.253 e. The first kappa shape index (κ1) is 10.2. The molecule has 0 aliphatic heterocycles. The van der Waals surface area contributed by atoms with Gasteiger partial charge in [0.1, 0.15) is 6.04 Å². The molecule has 1 amide bonds. The summed E-state index contributed by atoms with van der Waals surface area (Å²) in [5.74, 6) is -0.268. The molecule has 0 spiro atoms. The molecule has 1 atom stereocenters. The quantitative estimate of drug-likeness (QED) is 0.755. The predicted octanol–water partition coefficient (Wildman–Crippen LogP) is 1.03. The molecule has 0 saturated heterocycles. The third-order valence-electron chi connectivity index (χ3n) is 1.68. The van der Waals surface area contributed by atoms with E-state index in [0.717, 1.165) is 5.56 Å². The molecular formula is C10H11N3O. The number of aryl methyl sites for hydroxylation is 1. The second kappa shape index (κ2) is 4.38. The number of carbonyl (C=O) groups excluding carboxylic acids is 1. The minimum absolute atomic E-state index is 0.268. The predicted molar refractivity (Wildman–Crippen MR) is 51.5 cm³/mol. The molecule has 0 saturated carbocycles. The van der Waals surface area contributed by atoms with Crippen molar-refractivity contribution in [2.45, 2.75) is 19.9 Å². The maximum atomic E-state index is 11.5. The molecule has 4 heteroatoms. The summed E-state index contributed by atoms with van der Waals surface area (Å²) in [5.41, 5.74) is 1.40. The molecule has 1 unspecified atom stereocenters. The number of nitrogens with zero attached hydrogens (tertiary/aromatic N) is 2. The van der Waals surface area contributed by atoms with Gasteiger partial charge in [0.25, 0.3) is 5.91 Å². The summed E-state index contributed by atoms with van der Waals surface area (Å²) in [7, 11) is 0. The number of rotatable bonds is 2. The van der Waals surface area contributed by atoms with Crippen molar-refractivity contribution >= 4 is 5.91 Å². The van der Waals surface area contributed by atoms with Gasteiger partial charge in [-0.2, -0.15) is 5.26 Å².